The lowest BCUT2D eigenvalue weighted by Gasteiger charge is -2.24. The Bertz CT molecular complexity index is 1060. The van der Waals surface area contributed by atoms with E-state index in [4.69, 9.17) is 0 Å². The van der Waals surface area contributed by atoms with Crippen molar-refractivity contribution in [2.24, 2.45) is 0 Å². The zero-order valence-electron chi connectivity index (χ0n) is 15.5. The number of aliphatic hydroxyl groups is 1. The molecule has 2 aromatic heterocycles. The van der Waals surface area contributed by atoms with Crippen LogP contribution in [0.1, 0.15) is 32.5 Å². The minimum Gasteiger partial charge on any atom is -0.507 e. The highest BCUT2D eigenvalue weighted by Crippen LogP contribution is 2.43. The first kappa shape index (κ1) is 18.7. The fourth-order valence-corrected chi connectivity index (χ4v) is 5.17. The van der Waals surface area contributed by atoms with Gasteiger partial charge in [0.1, 0.15) is 11.8 Å². The summed E-state index contributed by atoms with van der Waals surface area (Å²) in [5, 5.41) is 14.9. The van der Waals surface area contributed by atoms with Gasteiger partial charge in [0.25, 0.3) is 11.7 Å². The van der Waals surface area contributed by atoms with E-state index in [1.165, 1.54) is 11.3 Å². The van der Waals surface area contributed by atoms with Crippen molar-refractivity contribution in [1.82, 2.24) is 4.90 Å². The van der Waals surface area contributed by atoms with Crippen molar-refractivity contribution in [1.29, 1.82) is 0 Å². The second-order valence-corrected chi connectivity index (χ2v) is 8.82. The molecule has 1 unspecified atom stereocenters. The van der Waals surface area contributed by atoms with Crippen LogP contribution in [0.5, 0.6) is 0 Å². The molecule has 0 spiro atoms. The molecular formula is C22H19NO3S2. The molecule has 6 heteroatoms. The number of likely N-dealkylation sites (tertiary alicyclic amines) is 1. The number of rotatable bonds is 4. The van der Waals surface area contributed by atoms with Crippen LogP contribution in [-0.2, 0) is 16.1 Å². The Balaban J connectivity index is 1.87. The number of carbonyl (C=O) groups excluding carboxylic acids is 2. The van der Waals surface area contributed by atoms with Gasteiger partial charge in [-0.2, -0.15) is 0 Å². The highest BCUT2D eigenvalue weighted by molar-refractivity contribution is 7.10. The van der Waals surface area contributed by atoms with E-state index < -0.39 is 17.7 Å². The quantitative estimate of drug-likeness (QED) is 0.373. The van der Waals surface area contributed by atoms with E-state index in [1.807, 2.05) is 54.9 Å². The molecule has 1 fully saturated rings. The summed E-state index contributed by atoms with van der Waals surface area (Å²) in [6.07, 6.45) is 0. The number of aliphatic hydroxyl groups excluding tert-OH is 1. The van der Waals surface area contributed by atoms with Crippen LogP contribution < -0.4 is 0 Å². The van der Waals surface area contributed by atoms with E-state index in [0.717, 1.165) is 20.9 Å². The van der Waals surface area contributed by atoms with Crippen molar-refractivity contribution >= 4 is 40.1 Å². The lowest BCUT2D eigenvalue weighted by Crippen LogP contribution is -2.28. The molecule has 4 nitrogen and oxygen atoms in total. The fourth-order valence-electron chi connectivity index (χ4n) is 3.42. The van der Waals surface area contributed by atoms with Gasteiger partial charge in [-0.25, -0.2) is 0 Å². The molecule has 28 heavy (non-hydrogen) atoms. The number of ketones is 1. The number of thiophene rings is 2. The number of aryl methyl sites for hydroxylation is 2. The lowest BCUT2D eigenvalue weighted by molar-refractivity contribution is -0.140. The average molecular weight is 410 g/mol. The molecule has 0 bridgehead atoms. The van der Waals surface area contributed by atoms with Crippen molar-refractivity contribution in [3.05, 3.63) is 85.2 Å². The molecule has 1 atom stereocenters. The second kappa shape index (κ2) is 7.37. The van der Waals surface area contributed by atoms with Crippen molar-refractivity contribution in [3.63, 3.8) is 0 Å². The highest BCUT2D eigenvalue weighted by atomic mass is 32.1. The summed E-state index contributed by atoms with van der Waals surface area (Å²) in [7, 11) is 0. The van der Waals surface area contributed by atoms with Crippen LogP contribution in [0.3, 0.4) is 0 Å². The van der Waals surface area contributed by atoms with Crippen molar-refractivity contribution in [2.45, 2.75) is 26.4 Å². The number of benzene rings is 1. The highest BCUT2D eigenvalue weighted by Gasteiger charge is 2.47. The maximum Gasteiger partial charge on any atom is 0.296 e. The van der Waals surface area contributed by atoms with Gasteiger partial charge in [0.05, 0.1) is 12.1 Å². The smallest absolute Gasteiger partial charge is 0.296 e. The zero-order chi connectivity index (χ0) is 19.8. The van der Waals surface area contributed by atoms with E-state index in [2.05, 4.69) is 0 Å². The van der Waals surface area contributed by atoms with Gasteiger partial charge < -0.3 is 10.0 Å². The predicted molar refractivity (Wildman–Crippen MR) is 112 cm³/mol. The van der Waals surface area contributed by atoms with E-state index >= 15 is 0 Å². The Hall–Kier alpha value is -2.70. The molecule has 142 valence electrons. The zero-order valence-corrected chi connectivity index (χ0v) is 17.1. The van der Waals surface area contributed by atoms with Crippen molar-refractivity contribution in [2.75, 3.05) is 0 Å². The normalized spacial score (nSPS) is 18.8. The maximum atomic E-state index is 12.9. The molecule has 0 radical (unpaired) electrons. The van der Waals surface area contributed by atoms with Crippen LogP contribution in [0.2, 0.25) is 0 Å². The molecule has 1 N–H and O–H groups in total. The Morgan fingerprint density at radius 2 is 1.79 bits per heavy atom. The molecular weight excluding hydrogens is 390 g/mol. The second-order valence-electron chi connectivity index (χ2n) is 6.84. The summed E-state index contributed by atoms with van der Waals surface area (Å²) >= 11 is 3.04. The van der Waals surface area contributed by atoms with E-state index in [9.17, 15) is 14.7 Å². The van der Waals surface area contributed by atoms with Crippen LogP contribution in [0.4, 0.5) is 0 Å². The molecule has 3 aromatic rings. The van der Waals surface area contributed by atoms with Gasteiger partial charge in [-0.15, -0.1) is 22.7 Å². The molecule has 3 heterocycles. The molecule has 1 aliphatic rings. The Morgan fingerprint density at radius 1 is 1.04 bits per heavy atom. The SMILES string of the molecule is Cc1ccc(/C(O)=C2/C(=O)C(=O)N(Cc3cccs3)C2c2sccc2C)cc1. The van der Waals surface area contributed by atoms with Gasteiger partial charge in [-0.1, -0.05) is 35.9 Å². The summed E-state index contributed by atoms with van der Waals surface area (Å²) in [6, 6.07) is 12.6. The van der Waals surface area contributed by atoms with E-state index in [-0.39, 0.29) is 11.3 Å². The molecule has 0 aliphatic carbocycles. The Labute approximate surface area is 171 Å². The van der Waals surface area contributed by atoms with Gasteiger partial charge in [0.15, 0.2) is 0 Å². The number of Topliss-reactive ketones (excluding diaryl/α,β-unsaturated/α-hetero) is 1. The molecule has 1 saturated heterocycles. The maximum absolute atomic E-state index is 12.9. The number of hydrogen-bond acceptors (Lipinski definition) is 5. The third-order valence-corrected chi connectivity index (χ3v) is 6.85. The molecule has 1 amide bonds. The first-order valence-electron chi connectivity index (χ1n) is 8.89. The van der Waals surface area contributed by atoms with Crippen LogP contribution in [0.15, 0.2) is 58.8 Å². The van der Waals surface area contributed by atoms with Gasteiger partial charge in [0, 0.05) is 15.3 Å². The number of carbonyl (C=O) groups is 2. The predicted octanol–water partition coefficient (Wildman–Crippen LogP) is 5.05. The molecule has 4 rings (SSSR count). The third kappa shape index (κ3) is 3.19. The van der Waals surface area contributed by atoms with Crippen molar-refractivity contribution in [3.8, 4) is 0 Å². The van der Waals surface area contributed by atoms with Crippen molar-refractivity contribution < 1.29 is 14.7 Å². The number of amides is 1. The molecule has 0 saturated carbocycles. The first-order valence-corrected chi connectivity index (χ1v) is 10.6. The van der Waals surface area contributed by atoms with Crippen LogP contribution in [-0.4, -0.2) is 21.7 Å². The lowest BCUT2D eigenvalue weighted by atomic mass is 9.98. The number of hydrogen-bond donors (Lipinski definition) is 1. The third-order valence-electron chi connectivity index (χ3n) is 4.92. The molecule has 1 aliphatic heterocycles. The van der Waals surface area contributed by atoms with Crippen LogP contribution in [0.25, 0.3) is 5.76 Å². The number of nitrogens with zero attached hydrogens (tertiary/aromatic N) is 1. The van der Waals surface area contributed by atoms with Crippen LogP contribution in [0, 0.1) is 13.8 Å². The minimum atomic E-state index is -0.632. The standard InChI is InChI=1S/C22H19NO3S2/c1-13-5-7-15(8-6-13)19(24)17-18(21-14(2)9-11-28-21)23(22(26)20(17)25)12-16-4-3-10-27-16/h3-11,18,24H,12H2,1-2H3/b19-17-. The topological polar surface area (TPSA) is 57.6 Å². The minimum absolute atomic E-state index is 0.121. The monoisotopic (exact) mass is 409 g/mol. The summed E-state index contributed by atoms with van der Waals surface area (Å²) in [5.41, 5.74) is 2.76. The Kier molecular flexibility index (Phi) is 4.91. The van der Waals surface area contributed by atoms with Gasteiger partial charge >= 0.3 is 0 Å². The summed E-state index contributed by atoms with van der Waals surface area (Å²) in [4.78, 5) is 29.3. The fraction of sp³-hybridized carbons (Fsp3) is 0.182. The van der Waals surface area contributed by atoms with Gasteiger partial charge in [-0.3, -0.25) is 9.59 Å². The van der Waals surface area contributed by atoms with Crippen LogP contribution >= 0.6 is 22.7 Å². The van der Waals surface area contributed by atoms with E-state index in [1.54, 1.807) is 28.4 Å². The van der Waals surface area contributed by atoms with Gasteiger partial charge in [-0.05, 0) is 42.3 Å². The average Bonchev–Trinajstić information content (AvgIpc) is 3.39. The summed E-state index contributed by atoms with van der Waals surface area (Å²) in [6.45, 7) is 4.26. The summed E-state index contributed by atoms with van der Waals surface area (Å²) in [5.74, 6) is -1.32. The first-order chi connectivity index (χ1) is 13.5. The molecule has 1 aromatic carbocycles. The summed E-state index contributed by atoms with van der Waals surface area (Å²) < 4.78 is 0. The largest absolute Gasteiger partial charge is 0.507 e. The Morgan fingerprint density at radius 3 is 2.39 bits per heavy atom. The van der Waals surface area contributed by atoms with E-state index in [0.29, 0.717) is 12.1 Å². The van der Waals surface area contributed by atoms with Gasteiger partial charge in [0.2, 0.25) is 0 Å².